The number of piperidine rings is 1. The third kappa shape index (κ3) is 5.82. The largest absolute Gasteiger partial charge is 0.433 e. The number of nitrogens with zero attached hydrogens (tertiary/aromatic N) is 2. The Balaban J connectivity index is 1.42. The Bertz CT molecular complexity index is 625. The first-order valence-electron chi connectivity index (χ1n) is 9.61. The molecule has 0 bridgehead atoms. The molecule has 0 unspecified atom stereocenters. The van der Waals surface area contributed by atoms with E-state index in [9.17, 15) is 18.0 Å². The Hall–Kier alpha value is -1.83. The average molecular weight is 385 g/mol. The van der Waals surface area contributed by atoms with Crippen LogP contribution in [0, 0.1) is 0 Å². The van der Waals surface area contributed by atoms with Gasteiger partial charge in [-0.3, -0.25) is 9.78 Å². The highest BCUT2D eigenvalue weighted by molar-refractivity contribution is 5.77. The van der Waals surface area contributed by atoms with Crippen molar-refractivity contribution < 1.29 is 22.7 Å². The summed E-state index contributed by atoms with van der Waals surface area (Å²) in [5, 5.41) is 3.13. The smallest absolute Gasteiger partial charge is 0.382 e. The molecule has 150 valence electrons. The van der Waals surface area contributed by atoms with Crippen LogP contribution in [0.5, 0.6) is 0 Å². The number of pyridine rings is 1. The minimum absolute atomic E-state index is 0.00212. The summed E-state index contributed by atoms with van der Waals surface area (Å²) in [4.78, 5) is 17.5. The summed E-state index contributed by atoms with van der Waals surface area (Å²) in [5.74, 6) is 0.00212. The van der Waals surface area contributed by atoms with Gasteiger partial charge in [0, 0.05) is 31.0 Å². The van der Waals surface area contributed by atoms with Crippen molar-refractivity contribution in [1.29, 1.82) is 0 Å². The van der Waals surface area contributed by atoms with Crippen LogP contribution in [0.25, 0.3) is 0 Å². The number of halogens is 3. The molecule has 1 aliphatic heterocycles. The van der Waals surface area contributed by atoms with Gasteiger partial charge in [-0.25, -0.2) is 0 Å². The Labute approximate surface area is 157 Å². The standard InChI is InChI=1S/C19H26F3N3O2/c20-19(21,22)17-12-15(6-9-23-17)24-14-7-10-25(11-8-14)18(26)13-27-16-4-2-1-3-5-16/h6,9,12,14,16H,1-5,7-8,10-11,13H2,(H,23,24). The van der Waals surface area contributed by atoms with Crippen LogP contribution in [-0.2, 0) is 15.7 Å². The highest BCUT2D eigenvalue weighted by atomic mass is 19.4. The second kappa shape index (κ2) is 8.91. The van der Waals surface area contributed by atoms with Crippen LogP contribution in [0.15, 0.2) is 18.3 Å². The molecule has 8 heteroatoms. The fourth-order valence-corrected chi connectivity index (χ4v) is 3.70. The molecule has 27 heavy (non-hydrogen) atoms. The van der Waals surface area contributed by atoms with Crippen LogP contribution in [0.1, 0.15) is 50.6 Å². The maximum Gasteiger partial charge on any atom is 0.433 e. The summed E-state index contributed by atoms with van der Waals surface area (Å²) < 4.78 is 44.0. The van der Waals surface area contributed by atoms with E-state index in [1.54, 1.807) is 4.90 Å². The molecule has 1 N–H and O–H groups in total. The first-order valence-corrected chi connectivity index (χ1v) is 9.61. The van der Waals surface area contributed by atoms with Gasteiger partial charge < -0.3 is 15.0 Å². The van der Waals surface area contributed by atoms with Gasteiger partial charge in [-0.2, -0.15) is 13.2 Å². The monoisotopic (exact) mass is 385 g/mol. The second-order valence-corrected chi connectivity index (χ2v) is 7.30. The van der Waals surface area contributed by atoms with Gasteiger partial charge in [-0.1, -0.05) is 19.3 Å². The van der Waals surface area contributed by atoms with Crippen LogP contribution in [0.3, 0.4) is 0 Å². The van der Waals surface area contributed by atoms with Crippen LogP contribution < -0.4 is 5.32 Å². The highest BCUT2D eigenvalue weighted by Gasteiger charge is 2.32. The van der Waals surface area contributed by atoms with Crippen molar-refractivity contribution in [2.75, 3.05) is 25.0 Å². The lowest BCUT2D eigenvalue weighted by Crippen LogP contribution is -2.44. The van der Waals surface area contributed by atoms with Crippen molar-refractivity contribution >= 4 is 11.6 Å². The lowest BCUT2D eigenvalue weighted by atomic mass is 9.98. The topological polar surface area (TPSA) is 54.5 Å². The highest BCUT2D eigenvalue weighted by Crippen LogP contribution is 2.29. The Morgan fingerprint density at radius 1 is 1.19 bits per heavy atom. The van der Waals surface area contributed by atoms with Gasteiger partial charge in [0.25, 0.3) is 0 Å². The lowest BCUT2D eigenvalue weighted by Gasteiger charge is -2.33. The SMILES string of the molecule is O=C(COC1CCCCC1)N1CCC(Nc2ccnc(C(F)(F)F)c2)CC1. The number of aromatic nitrogens is 1. The quantitative estimate of drug-likeness (QED) is 0.837. The van der Waals surface area contributed by atoms with E-state index < -0.39 is 11.9 Å². The predicted molar refractivity (Wildman–Crippen MR) is 95.3 cm³/mol. The van der Waals surface area contributed by atoms with Crippen molar-refractivity contribution in [2.45, 2.75) is 63.3 Å². The zero-order chi connectivity index (χ0) is 19.3. The van der Waals surface area contributed by atoms with Crippen LogP contribution in [0.2, 0.25) is 0 Å². The summed E-state index contributed by atoms with van der Waals surface area (Å²) >= 11 is 0. The predicted octanol–water partition coefficient (Wildman–Crippen LogP) is 3.85. The number of alkyl halides is 3. The van der Waals surface area contributed by atoms with Crippen molar-refractivity contribution in [1.82, 2.24) is 9.88 Å². The molecule has 2 aliphatic rings. The van der Waals surface area contributed by atoms with Crippen molar-refractivity contribution in [3.63, 3.8) is 0 Å². The van der Waals surface area contributed by atoms with Crippen molar-refractivity contribution in [2.24, 2.45) is 0 Å². The van der Waals surface area contributed by atoms with Gasteiger partial charge in [-0.15, -0.1) is 0 Å². The molecule has 0 radical (unpaired) electrons. The van der Waals surface area contributed by atoms with E-state index in [0.717, 1.165) is 25.1 Å². The molecule has 2 heterocycles. The number of likely N-dealkylation sites (tertiary alicyclic amines) is 1. The molecule has 1 aromatic heterocycles. The number of carbonyl (C=O) groups excluding carboxylic acids is 1. The normalized spacial score (nSPS) is 19.9. The Morgan fingerprint density at radius 3 is 2.56 bits per heavy atom. The van der Waals surface area contributed by atoms with Gasteiger partial charge in [0.05, 0.1) is 6.10 Å². The number of hydrogen-bond donors (Lipinski definition) is 1. The number of rotatable bonds is 5. The first kappa shape index (κ1) is 19.9. The van der Waals surface area contributed by atoms with E-state index in [4.69, 9.17) is 4.74 Å². The Kier molecular flexibility index (Phi) is 6.57. The summed E-state index contributed by atoms with van der Waals surface area (Å²) in [6.45, 7) is 1.30. The molecular weight excluding hydrogens is 359 g/mol. The van der Waals surface area contributed by atoms with E-state index in [1.165, 1.54) is 25.3 Å². The van der Waals surface area contributed by atoms with E-state index in [1.807, 2.05) is 0 Å². The fraction of sp³-hybridized carbons (Fsp3) is 0.684. The number of amides is 1. The molecule has 1 amide bonds. The van der Waals surface area contributed by atoms with Gasteiger partial charge in [0.15, 0.2) is 0 Å². The second-order valence-electron chi connectivity index (χ2n) is 7.30. The molecule has 0 aromatic carbocycles. The average Bonchev–Trinajstić information content (AvgIpc) is 2.67. The molecule has 1 saturated carbocycles. The molecule has 2 fully saturated rings. The molecule has 1 aliphatic carbocycles. The summed E-state index contributed by atoms with van der Waals surface area (Å²) in [6, 6.07) is 2.59. The van der Waals surface area contributed by atoms with Crippen LogP contribution in [0.4, 0.5) is 18.9 Å². The number of ether oxygens (including phenoxy) is 1. The number of hydrogen-bond acceptors (Lipinski definition) is 4. The zero-order valence-corrected chi connectivity index (χ0v) is 15.3. The van der Waals surface area contributed by atoms with Crippen LogP contribution in [-0.4, -0.2) is 47.6 Å². The van der Waals surface area contributed by atoms with Crippen LogP contribution >= 0.6 is 0 Å². The minimum Gasteiger partial charge on any atom is -0.382 e. The molecule has 0 atom stereocenters. The number of anilines is 1. The molecule has 3 rings (SSSR count). The van der Waals surface area contributed by atoms with E-state index in [-0.39, 0.29) is 24.7 Å². The molecular formula is C19H26F3N3O2. The molecule has 0 spiro atoms. The summed E-state index contributed by atoms with van der Waals surface area (Å²) in [7, 11) is 0. The third-order valence-corrected chi connectivity index (χ3v) is 5.26. The van der Waals surface area contributed by atoms with Crippen molar-refractivity contribution in [3.05, 3.63) is 24.0 Å². The van der Waals surface area contributed by atoms with Gasteiger partial charge >= 0.3 is 6.18 Å². The van der Waals surface area contributed by atoms with Gasteiger partial charge in [0.1, 0.15) is 12.3 Å². The van der Waals surface area contributed by atoms with E-state index >= 15 is 0 Å². The van der Waals surface area contributed by atoms with E-state index in [0.29, 0.717) is 31.6 Å². The maximum absolute atomic E-state index is 12.7. The summed E-state index contributed by atoms with van der Waals surface area (Å²) in [5.41, 5.74) is -0.497. The first-order chi connectivity index (χ1) is 12.9. The zero-order valence-electron chi connectivity index (χ0n) is 15.3. The van der Waals surface area contributed by atoms with Gasteiger partial charge in [-0.05, 0) is 37.8 Å². The number of nitrogens with one attached hydrogen (secondary N) is 1. The Morgan fingerprint density at radius 2 is 1.89 bits per heavy atom. The molecule has 1 aromatic rings. The number of carbonyl (C=O) groups is 1. The fourth-order valence-electron chi connectivity index (χ4n) is 3.70. The summed E-state index contributed by atoms with van der Waals surface area (Å²) in [6.07, 6.45) is 3.95. The lowest BCUT2D eigenvalue weighted by molar-refractivity contribution is -0.141. The third-order valence-electron chi connectivity index (χ3n) is 5.26. The minimum atomic E-state index is -4.45. The molecule has 1 saturated heterocycles. The molecule has 5 nitrogen and oxygen atoms in total. The van der Waals surface area contributed by atoms with E-state index in [2.05, 4.69) is 10.3 Å². The van der Waals surface area contributed by atoms with Gasteiger partial charge in [0.2, 0.25) is 5.91 Å². The maximum atomic E-state index is 12.7. The van der Waals surface area contributed by atoms with Crippen molar-refractivity contribution in [3.8, 4) is 0 Å².